The maximum absolute atomic E-state index is 6.10. The first-order valence-corrected chi connectivity index (χ1v) is 11.6. The molecule has 1 aliphatic rings. The van der Waals surface area contributed by atoms with E-state index in [0.29, 0.717) is 17.6 Å². The van der Waals surface area contributed by atoms with Gasteiger partial charge in [-0.1, -0.05) is 0 Å². The van der Waals surface area contributed by atoms with Gasteiger partial charge in [0.2, 0.25) is 0 Å². The van der Waals surface area contributed by atoms with Crippen molar-refractivity contribution in [3.05, 3.63) is 66.9 Å². The van der Waals surface area contributed by atoms with Gasteiger partial charge in [-0.05, 0) is 55.8 Å². The van der Waals surface area contributed by atoms with E-state index in [-0.39, 0.29) is 12.4 Å². The molecule has 0 saturated carbocycles. The average Bonchev–Trinajstić information content (AvgIpc) is 3.34. The van der Waals surface area contributed by atoms with Crippen LogP contribution in [-0.4, -0.2) is 55.2 Å². The normalized spacial score (nSPS) is 15.6. The van der Waals surface area contributed by atoms with E-state index in [9.17, 15) is 0 Å². The molecule has 4 aromatic heterocycles. The highest BCUT2D eigenvalue weighted by Crippen LogP contribution is 2.30. The minimum atomic E-state index is 0. The molecule has 5 heterocycles. The maximum atomic E-state index is 6.10. The summed E-state index contributed by atoms with van der Waals surface area (Å²) < 4.78 is 7.79. The molecule has 1 aromatic carbocycles. The summed E-state index contributed by atoms with van der Waals surface area (Å²) in [7, 11) is 0. The van der Waals surface area contributed by atoms with E-state index in [1.54, 1.807) is 10.8 Å². The van der Waals surface area contributed by atoms with Gasteiger partial charge in [-0.3, -0.25) is 0 Å². The molecular weight excluding hydrogens is 478 g/mol. The van der Waals surface area contributed by atoms with Gasteiger partial charge < -0.3 is 20.3 Å². The maximum Gasteiger partial charge on any atom is 0.160 e. The minimum absolute atomic E-state index is 0. The summed E-state index contributed by atoms with van der Waals surface area (Å²) in [4.78, 5) is 20.3. The fourth-order valence-electron chi connectivity index (χ4n) is 4.30. The number of halogens is 1. The van der Waals surface area contributed by atoms with Crippen molar-refractivity contribution in [3.8, 4) is 11.5 Å². The summed E-state index contributed by atoms with van der Waals surface area (Å²) in [5.41, 5.74) is 4.16. The van der Waals surface area contributed by atoms with E-state index in [1.165, 1.54) is 6.33 Å². The molecule has 1 fully saturated rings. The van der Waals surface area contributed by atoms with Crippen LogP contribution in [0.25, 0.3) is 16.7 Å². The molecule has 0 amide bonds. The number of hydrogen-bond donors (Lipinski definition) is 2. The topological polar surface area (TPSA) is 105 Å². The smallest absolute Gasteiger partial charge is 0.160 e. The molecule has 0 bridgehead atoms. The van der Waals surface area contributed by atoms with Crippen LogP contribution < -0.4 is 20.3 Å². The Balaban J connectivity index is 0.00000267. The van der Waals surface area contributed by atoms with Gasteiger partial charge in [0, 0.05) is 43.6 Å². The first-order chi connectivity index (χ1) is 17.1. The van der Waals surface area contributed by atoms with Crippen LogP contribution in [0.5, 0.6) is 11.5 Å². The molecule has 2 N–H and O–H groups in total. The number of anilines is 3. The molecule has 0 spiro atoms. The molecular formula is C25H26ClN9O. The Bertz CT molecular complexity index is 1520. The lowest BCUT2D eigenvalue weighted by Gasteiger charge is -2.32. The molecule has 1 atom stereocenters. The lowest BCUT2D eigenvalue weighted by Crippen LogP contribution is -2.49. The number of nitrogens with one attached hydrogen (secondary N) is 2. The summed E-state index contributed by atoms with van der Waals surface area (Å²) in [5, 5.41) is 11.0. The predicted molar refractivity (Wildman–Crippen MR) is 142 cm³/mol. The fraction of sp³-hybridized carbons (Fsp3) is 0.240. The number of aromatic nitrogens is 6. The Labute approximate surface area is 214 Å². The summed E-state index contributed by atoms with van der Waals surface area (Å²) in [5.74, 6) is 3.08. The van der Waals surface area contributed by atoms with Gasteiger partial charge in [-0.2, -0.15) is 5.10 Å². The Kier molecular flexibility index (Phi) is 6.53. The number of ether oxygens (including phenoxy) is 1. The van der Waals surface area contributed by atoms with E-state index in [4.69, 9.17) is 9.72 Å². The van der Waals surface area contributed by atoms with E-state index >= 15 is 0 Å². The van der Waals surface area contributed by atoms with Crippen molar-refractivity contribution in [2.24, 2.45) is 0 Å². The van der Waals surface area contributed by atoms with Crippen molar-refractivity contribution in [1.82, 2.24) is 34.9 Å². The number of hydrogen-bond acceptors (Lipinski definition) is 9. The van der Waals surface area contributed by atoms with Crippen LogP contribution in [-0.2, 0) is 0 Å². The monoisotopic (exact) mass is 503 g/mol. The van der Waals surface area contributed by atoms with Gasteiger partial charge in [0.25, 0.3) is 0 Å². The summed E-state index contributed by atoms with van der Waals surface area (Å²) >= 11 is 0. The number of fused-ring (bicyclic) bond motifs is 2. The largest absolute Gasteiger partial charge is 0.457 e. The first kappa shape index (κ1) is 23.7. The first-order valence-electron chi connectivity index (χ1n) is 11.6. The molecule has 36 heavy (non-hydrogen) atoms. The van der Waals surface area contributed by atoms with Crippen molar-refractivity contribution >= 4 is 46.4 Å². The highest BCUT2D eigenvalue weighted by molar-refractivity contribution is 5.88. The molecule has 6 rings (SSSR count). The van der Waals surface area contributed by atoms with Crippen LogP contribution in [0.2, 0.25) is 0 Å². The number of pyridine rings is 2. The minimum Gasteiger partial charge on any atom is -0.457 e. The Morgan fingerprint density at radius 1 is 1.06 bits per heavy atom. The summed E-state index contributed by atoms with van der Waals surface area (Å²) in [6.07, 6.45) is 4.90. The number of aryl methyl sites for hydroxylation is 1. The number of rotatable bonds is 5. The second kappa shape index (κ2) is 9.92. The van der Waals surface area contributed by atoms with Gasteiger partial charge >= 0.3 is 0 Å². The van der Waals surface area contributed by atoms with Crippen LogP contribution in [0.1, 0.15) is 12.5 Å². The van der Waals surface area contributed by atoms with E-state index in [1.807, 2.05) is 55.6 Å². The van der Waals surface area contributed by atoms with Gasteiger partial charge in [0.15, 0.2) is 11.5 Å². The quantitative estimate of drug-likeness (QED) is 0.366. The fourth-order valence-corrected chi connectivity index (χ4v) is 4.30. The summed E-state index contributed by atoms with van der Waals surface area (Å²) in [6.45, 7) is 6.98. The molecule has 0 radical (unpaired) electrons. The van der Waals surface area contributed by atoms with Crippen LogP contribution in [0, 0.1) is 6.92 Å². The third kappa shape index (κ3) is 4.73. The number of nitrogens with zero attached hydrogens (tertiary/aromatic N) is 7. The van der Waals surface area contributed by atoms with E-state index in [0.717, 1.165) is 59.1 Å². The number of benzene rings is 1. The van der Waals surface area contributed by atoms with Crippen LogP contribution in [0.3, 0.4) is 0 Å². The van der Waals surface area contributed by atoms with Gasteiger partial charge in [-0.25, -0.2) is 24.5 Å². The molecule has 184 valence electrons. The zero-order chi connectivity index (χ0) is 23.8. The van der Waals surface area contributed by atoms with Gasteiger partial charge in [-0.15, -0.1) is 12.4 Å². The molecule has 1 aliphatic heterocycles. The SMILES string of the molecule is Cc1cc(Nc2ncnc3ccc(N4CCN[C@H](C)C4)nc23)ccc1Oc1ccn2ncnc2c1.Cl. The highest BCUT2D eigenvalue weighted by atomic mass is 35.5. The molecule has 1 saturated heterocycles. The highest BCUT2D eigenvalue weighted by Gasteiger charge is 2.18. The lowest BCUT2D eigenvalue weighted by molar-refractivity contribution is 0.478. The molecule has 10 nitrogen and oxygen atoms in total. The van der Waals surface area contributed by atoms with E-state index in [2.05, 4.69) is 42.5 Å². The lowest BCUT2D eigenvalue weighted by atomic mass is 10.2. The Morgan fingerprint density at radius 2 is 1.97 bits per heavy atom. The molecule has 0 aliphatic carbocycles. The van der Waals surface area contributed by atoms with E-state index < -0.39 is 0 Å². The third-order valence-electron chi connectivity index (χ3n) is 6.08. The number of piperazine rings is 1. The van der Waals surface area contributed by atoms with Crippen molar-refractivity contribution in [1.29, 1.82) is 0 Å². The second-order valence-electron chi connectivity index (χ2n) is 8.69. The third-order valence-corrected chi connectivity index (χ3v) is 6.08. The standard InChI is InChI=1S/C25H25N9O.ClH/c1-16-11-18(3-5-21(16)35-19-7-9-34-23(12-19)28-15-30-34)31-25-24-20(27-14-29-25)4-6-22(32-24)33-10-8-26-17(2)13-33;/h3-7,9,11-12,14-15,17,26H,8,10,13H2,1-2H3,(H,27,29,31);1H/t17-;/m1./s1. The molecule has 0 unspecified atom stereocenters. The summed E-state index contributed by atoms with van der Waals surface area (Å²) in [6, 6.07) is 14.1. The van der Waals surface area contributed by atoms with Crippen LogP contribution >= 0.6 is 12.4 Å². The average molecular weight is 504 g/mol. The van der Waals surface area contributed by atoms with Crippen molar-refractivity contribution in [3.63, 3.8) is 0 Å². The van der Waals surface area contributed by atoms with Crippen molar-refractivity contribution in [2.75, 3.05) is 29.9 Å². The second-order valence-corrected chi connectivity index (χ2v) is 8.69. The van der Waals surface area contributed by atoms with Crippen LogP contribution in [0.4, 0.5) is 17.3 Å². The van der Waals surface area contributed by atoms with Crippen molar-refractivity contribution < 1.29 is 4.74 Å². The molecule has 11 heteroatoms. The molecule has 5 aromatic rings. The Hall–Kier alpha value is -4.02. The Morgan fingerprint density at radius 3 is 2.83 bits per heavy atom. The zero-order valence-electron chi connectivity index (χ0n) is 19.9. The zero-order valence-corrected chi connectivity index (χ0v) is 20.7. The van der Waals surface area contributed by atoms with Crippen molar-refractivity contribution in [2.45, 2.75) is 19.9 Å². The van der Waals surface area contributed by atoms with Gasteiger partial charge in [0.05, 0.1) is 5.52 Å². The van der Waals surface area contributed by atoms with Gasteiger partial charge in [0.1, 0.15) is 35.5 Å². The van der Waals surface area contributed by atoms with Crippen LogP contribution in [0.15, 0.2) is 61.3 Å². The predicted octanol–water partition coefficient (Wildman–Crippen LogP) is 4.13.